The van der Waals surface area contributed by atoms with Crippen LogP contribution in [0.15, 0.2) is 0 Å². The van der Waals surface area contributed by atoms with Crippen molar-refractivity contribution in [1.82, 2.24) is 0 Å². The SMILES string of the molecule is CCCCCCCCCCCCCCCCCC(=O)O.S.[Zn]. The summed E-state index contributed by atoms with van der Waals surface area (Å²) in [6.45, 7) is 2.27. The van der Waals surface area contributed by atoms with Crippen LogP contribution in [-0.2, 0) is 24.3 Å². The summed E-state index contributed by atoms with van der Waals surface area (Å²) in [5.74, 6) is -0.653. The monoisotopic (exact) mass is 382 g/mol. The number of hydrogen-bond acceptors (Lipinski definition) is 1. The Balaban J connectivity index is -0.00000180. The van der Waals surface area contributed by atoms with E-state index in [1.807, 2.05) is 0 Å². The first-order valence-electron chi connectivity index (χ1n) is 8.99. The largest absolute Gasteiger partial charge is 0.481 e. The molecule has 0 aliphatic rings. The third-order valence-electron chi connectivity index (χ3n) is 3.99. The Kier molecular flexibility index (Phi) is 29.4. The van der Waals surface area contributed by atoms with Gasteiger partial charge in [-0.15, -0.1) is 0 Å². The van der Waals surface area contributed by atoms with Crippen LogP contribution in [0.1, 0.15) is 110 Å². The fourth-order valence-electron chi connectivity index (χ4n) is 2.65. The summed E-state index contributed by atoms with van der Waals surface area (Å²) in [7, 11) is 0. The predicted octanol–water partition coefficient (Wildman–Crippen LogP) is 6.44. The van der Waals surface area contributed by atoms with E-state index in [-0.39, 0.29) is 33.0 Å². The molecular weight excluding hydrogens is 346 g/mol. The number of rotatable bonds is 16. The van der Waals surface area contributed by atoms with Gasteiger partial charge < -0.3 is 5.11 Å². The molecule has 0 saturated heterocycles. The Bertz CT molecular complexity index is 213. The molecule has 0 bridgehead atoms. The van der Waals surface area contributed by atoms with Crippen LogP contribution in [-0.4, -0.2) is 11.1 Å². The average molecular weight is 384 g/mol. The third kappa shape index (κ3) is 25.4. The van der Waals surface area contributed by atoms with Crippen molar-refractivity contribution in [3.05, 3.63) is 0 Å². The number of carbonyl (C=O) groups is 1. The van der Waals surface area contributed by atoms with Crippen molar-refractivity contribution in [3.63, 3.8) is 0 Å². The van der Waals surface area contributed by atoms with E-state index in [2.05, 4.69) is 6.92 Å². The van der Waals surface area contributed by atoms with E-state index in [1.54, 1.807) is 0 Å². The summed E-state index contributed by atoms with van der Waals surface area (Å²) < 4.78 is 0. The molecule has 0 rings (SSSR count). The second-order valence-corrected chi connectivity index (χ2v) is 6.09. The molecular formula is C18H38O2SZn. The van der Waals surface area contributed by atoms with Crippen molar-refractivity contribution in [3.8, 4) is 0 Å². The van der Waals surface area contributed by atoms with Gasteiger partial charge in [-0.25, -0.2) is 0 Å². The molecule has 0 aliphatic heterocycles. The summed E-state index contributed by atoms with van der Waals surface area (Å²) in [5.41, 5.74) is 0. The molecule has 0 aromatic rings. The molecule has 0 aromatic heterocycles. The Labute approximate surface area is 158 Å². The molecule has 0 aromatic carbocycles. The van der Waals surface area contributed by atoms with Crippen molar-refractivity contribution in [2.24, 2.45) is 0 Å². The van der Waals surface area contributed by atoms with Gasteiger partial charge in [0, 0.05) is 25.9 Å². The Morgan fingerprint density at radius 2 is 0.909 bits per heavy atom. The van der Waals surface area contributed by atoms with E-state index in [0.717, 1.165) is 12.8 Å². The fourth-order valence-corrected chi connectivity index (χ4v) is 2.65. The molecule has 0 fully saturated rings. The molecule has 4 heteroatoms. The van der Waals surface area contributed by atoms with Crippen molar-refractivity contribution in [2.75, 3.05) is 0 Å². The van der Waals surface area contributed by atoms with Crippen LogP contribution in [0.3, 0.4) is 0 Å². The summed E-state index contributed by atoms with van der Waals surface area (Å²) in [6, 6.07) is 0. The van der Waals surface area contributed by atoms with E-state index in [0.29, 0.717) is 6.42 Å². The van der Waals surface area contributed by atoms with E-state index < -0.39 is 5.97 Å². The molecule has 0 saturated carbocycles. The molecule has 1 N–H and O–H groups in total. The van der Waals surface area contributed by atoms with Crippen LogP contribution in [0.4, 0.5) is 0 Å². The second kappa shape index (κ2) is 23.7. The third-order valence-corrected chi connectivity index (χ3v) is 3.99. The number of aliphatic carboxylic acids is 1. The first kappa shape index (κ1) is 27.3. The topological polar surface area (TPSA) is 37.3 Å². The maximum Gasteiger partial charge on any atom is 0.303 e. The molecule has 22 heavy (non-hydrogen) atoms. The maximum atomic E-state index is 10.3. The van der Waals surface area contributed by atoms with Gasteiger partial charge in [-0.1, -0.05) is 96.8 Å². The van der Waals surface area contributed by atoms with Crippen molar-refractivity contribution in [1.29, 1.82) is 0 Å². The number of carboxylic acids is 1. The second-order valence-electron chi connectivity index (χ2n) is 6.09. The Hall–Kier alpha value is 0.443. The van der Waals surface area contributed by atoms with Crippen molar-refractivity contribution in [2.45, 2.75) is 110 Å². The summed E-state index contributed by atoms with van der Waals surface area (Å²) in [6.07, 6.45) is 20.2. The van der Waals surface area contributed by atoms with Gasteiger partial charge >= 0.3 is 5.97 Å². The minimum atomic E-state index is -0.653. The Morgan fingerprint density at radius 3 is 1.18 bits per heavy atom. The molecule has 0 atom stereocenters. The molecule has 2 nitrogen and oxygen atoms in total. The molecule has 130 valence electrons. The van der Waals surface area contributed by atoms with Gasteiger partial charge in [0.15, 0.2) is 0 Å². The number of carboxylic acid groups (broad SMARTS) is 1. The van der Waals surface area contributed by atoms with Gasteiger partial charge in [-0.2, -0.15) is 13.5 Å². The van der Waals surface area contributed by atoms with E-state index in [9.17, 15) is 4.79 Å². The number of hydrogen-bond donors (Lipinski definition) is 1. The average Bonchev–Trinajstić information content (AvgIpc) is 2.43. The zero-order chi connectivity index (χ0) is 14.9. The van der Waals surface area contributed by atoms with Crippen molar-refractivity contribution >= 4 is 19.5 Å². The minimum absolute atomic E-state index is 0. The molecule has 0 amide bonds. The van der Waals surface area contributed by atoms with Gasteiger partial charge in [0.05, 0.1) is 0 Å². The summed E-state index contributed by atoms with van der Waals surface area (Å²) in [5, 5.41) is 8.52. The van der Waals surface area contributed by atoms with E-state index >= 15 is 0 Å². The van der Waals surface area contributed by atoms with Crippen LogP contribution in [0.2, 0.25) is 0 Å². The van der Waals surface area contributed by atoms with Crippen LogP contribution in [0.25, 0.3) is 0 Å². The van der Waals surface area contributed by atoms with Crippen LogP contribution >= 0.6 is 13.5 Å². The Morgan fingerprint density at radius 1 is 0.636 bits per heavy atom. The fraction of sp³-hybridized carbons (Fsp3) is 0.944. The van der Waals surface area contributed by atoms with Crippen LogP contribution < -0.4 is 0 Å². The van der Waals surface area contributed by atoms with Gasteiger partial charge in [-0.3, -0.25) is 4.79 Å². The van der Waals surface area contributed by atoms with Crippen LogP contribution in [0, 0.1) is 0 Å². The van der Waals surface area contributed by atoms with Crippen molar-refractivity contribution < 1.29 is 29.4 Å². The summed E-state index contributed by atoms with van der Waals surface area (Å²) in [4.78, 5) is 10.3. The first-order chi connectivity index (χ1) is 9.77. The molecule has 0 unspecified atom stereocenters. The van der Waals surface area contributed by atoms with Gasteiger partial charge in [0.2, 0.25) is 0 Å². The zero-order valence-corrected chi connectivity index (χ0v) is 18.8. The van der Waals surface area contributed by atoms with Gasteiger partial charge in [-0.05, 0) is 6.42 Å². The maximum absolute atomic E-state index is 10.3. The van der Waals surface area contributed by atoms with Crippen LogP contribution in [0.5, 0.6) is 0 Å². The molecule has 0 radical (unpaired) electrons. The normalized spacial score (nSPS) is 9.86. The first-order valence-corrected chi connectivity index (χ1v) is 8.99. The van der Waals surface area contributed by atoms with Gasteiger partial charge in [0.25, 0.3) is 0 Å². The van der Waals surface area contributed by atoms with E-state index in [4.69, 9.17) is 5.11 Å². The quantitative estimate of drug-likeness (QED) is 0.246. The summed E-state index contributed by atoms with van der Waals surface area (Å²) >= 11 is 0. The minimum Gasteiger partial charge on any atom is -0.481 e. The smallest absolute Gasteiger partial charge is 0.303 e. The molecule has 0 heterocycles. The van der Waals surface area contributed by atoms with E-state index in [1.165, 1.54) is 83.5 Å². The molecule has 0 spiro atoms. The zero-order valence-electron chi connectivity index (χ0n) is 14.9. The van der Waals surface area contributed by atoms with Gasteiger partial charge in [0.1, 0.15) is 0 Å². The number of unbranched alkanes of at least 4 members (excludes halogenated alkanes) is 14. The molecule has 0 aliphatic carbocycles. The predicted molar refractivity (Wildman–Crippen MR) is 97.6 cm³/mol. The standard InChI is InChI=1S/C18H36O2.H2S.Zn/c1-2-3-4-5-6-7-8-9-10-11-12-13-14-15-16-17-18(19)20;;/h2-17H2,1H3,(H,19,20);1H2;.